The van der Waals surface area contributed by atoms with Crippen molar-refractivity contribution < 1.29 is 9.90 Å². The van der Waals surface area contributed by atoms with Crippen LogP contribution in [0.15, 0.2) is 54.7 Å². The van der Waals surface area contributed by atoms with Gasteiger partial charge in [0, 0.05) is 5.02 Å². The Kier molecular flexibility index (Phi) is 3.90. The Morgan fingerprint density at radius 3 is 2.48 bits per heavy atom. The molecule has 0 fully saturated rings. The van der Waals surface area contributed by atoms with Gasteiger partial charge in [-0.3, -0.25) is 0 Å². The first-order valence-electron chi connectivity index (χ1n) is 7.99. The standard InChI is InChI=1S/C20H15ClN2O2/c21-17-7-1-13(2-8-17)11-15-3-4-16-12-22-23(19(15)16)18-9-5-14(6-10-18)20(24)25/h1-2,5-12H,3-4H2,(H,24,25). The van der Waals surface area contributed by atoms with E-state index in [-0.39, 0.29) is 5.56 Å². The molecule has 0 saturated heterocycles. The SMILES string of the molecule is O=C(O)c1ccc(-n2ncc3c2C(=Cc2ccc(Cl)cc2)CC3)cc1. The highest BCUT2D eigenvalue weighted by molar-refractivity contribution is 6.30. The first kappa shape index (κ1) is 15.7. The van der Waals surface area contributed by atoms with E-state index in [2.05, 4.69) is 11.2 Å². The number of aromatic nitrogens is 2. The molecule has 3 aromatic rings. The molecule has 2 aromatic carbocycles. The lowest BCUT2D eigenvalue weighted by atomic mass is 10.1. The van der Waals surface area contributed by atoms with Crippen molar-refractivity contribution in [3.8, 4) is 5.69 Å². The molecule has 0 unspecified atom stereocenters. The average molecular weight is 351 g/mol. The van der Waals surface area contributed by atoms with Crippen LogP contribution >= 0.6 is 11.6 Å². The van der Waals surface area contributed by atoms with Gasteiger partial charge in [-0.25, -0.2) is 9.48 Å². The van der Waals surface area contributed by atoms with Gasteiger partial charge in [-0.05, 0) is 72.0 Å². The normalized spacial score (nSPS) is 14.7. The number of nitrogens with zero attached hydrogens (tertiary/aromatic N) is 2. The lowest BCUT2D eigenvalue weighted by Gasteiger charge is -2.08. The molecule has 0 saturated carbocycles. The fourth-order valence-corrected chi connectivity index (χ4v) is 3.26. The van der Waals surface area contributed by atoms with Gasteiger partial charge in [-0.1, -0.05) is 23.7 Å². The van der Waals surface area contributed by atoms with Crippen LogP contribution in [0.5, 0.6) is 0 Å². The quantitative estimate of drug-likeness (QED) is 0.744. The molecule has 1 heterocycles. The zero-order chi connectivity index (χ0) is 17.4. The first-order valence-corrected chi connectivity index (χ1v) is 8.37. The number of hydrogen-bond acceptors (Lipinski definition) is 2. The Balaban J connectivity index is 1.74. The maximum absolute atomic E-state index is 11.0. The molecule has 124 valence electrons. The number of rotatable bonds is 3. The number of allylic oxidation sites excluding steroid dienone is 1. The molecule has 0 amide bonds. The van der Waals surface area contributed by atoms with E-state index in [1.165, 1.54) is 11.1 Å². The maximum Gasteiger partial charge on any atom is 0.335 e. The van der Waals surface area contributed by atoms with Crippen molar-refractivity contribution in [2.24, 2.45) is 0 Å². The summed E-state index contributed by atoms with van der Waals surface area (Å²) in [5.41, 5.74) is 5.75. The predicted molar refractivity (Wildman–Crippen MR) is 98.2 cm³/mol. The smallest absolute Gasteiger partial charge is 0.335 e. The Hall–Kier alpha value is -2.85. The summed E-state index contributed by atoms with van der Waals surface area (Å²) < 4.78 is 1.88. The van der Waals surface area contributed by atoms with Crippen molar-refractivity contribution in [3.63, 3.8) is 0 Å². The Morgan fingerprint density at radius 2 is 1.80 bits per heavy atom. The number of carboxylic acid groups (broad SMARTS) is 1. The van der Waals surface area contributed by atoms with Gasteiger partial charge >= 0.3 is 5.97 Å². The van der Waals surface area contributed by atoms with Crippen LogP contribution in [0.3, 0.4) is 0 Å². The molecule has 1 N–H and O–H groups in total. The fraction of sp³-hybridized carbons (Fsp3) is 0.100. The number of fused-ring (bicyclic) bond motifs is 1. The second kappa shape index (κ2) is 6.22. The molecule has 0 aliphatic heterocycles. The van der Waals surface area contributed by atoms with E-state index in [0.717, 1.165) is 34.8 Å². The van der Waals surface area contributed by atoms with Crippen LogP contribution in [-0.2, 0) is 6.42 Å². The first-order chi connectivity index (χ1) is 12.1. The topological polar surface area (TPSA) is 55.1 Å². The van der Waals surface area contributed by atoms with Crippen molar-refractivity contribution in [1.82, 2.24) is 9.78 Å². The van der Waals surface area contributed by atoms with Crippen molar-refractivity contribution in [3.05, 3.63) is 82.1 Å². The van der Waals surface area contributed by atoms with Gasteiger partial charge in [0.2, 0.25) is 0 Å². The molecule has 1 aliphatic rings. The number of hydrogen-bond donors (Lipinski definition) is 1. The van der Waals surface area contributed by atoms with Gasteiger partial charge in [0.1, 0.15) is 0 Å². The predicted octanol–water partition coefficient (Wildman–Crippen LogP) is 4.71. The van der Waals surface area contributed by atoms with Gasteiger partial charge in [0.15, 0.2) is 0 Å². The van der Waals surface area contributed by atoms with Crippen molar-refractivity contribution in [1.29, 1.82) is 0 Å². The molecule has 0 radical (unpaired) electrons. The van der Waals surface area contributed by atoms with E-state index < -0.39 is 5.97 Å². The van der Waals surface area contributed by atoms with Gasteiger partial charge in [-0.15, -0.1) is 0 Å². The second-order valence-corrected chi connectivity index (χ2v) is 6.44. The Bertz CT molecular complexity index is 970. The summed E-state index contributed by atoms with van der Waals surface area (Å²) in [7, 11) is 0. The summed E-state index contributed by atoms with van der Waals surface area (Å²) in [6, 6.07) is 14.5. The third-order valence-corrected chi connectivity index (χ3v) is 4.63. The number of carbonyl (C=O) groups is 1. The second-order valence-electron chi connectivity index (χ2n) is 6.00. The van der Waals surface area contributed by atoms with Crippen LogP contribution in [0.1, 0.15) is 33.6 Å². The van der Waals surface area contributed by atoms with Crippen molar-refractivity contribution >= 4 is 29.2 Å². The summed E-state index contributed by atoms with van der Waals surface area (Å²) in [5.74, 6) is -0.930. The lowest BCUT2D eigenvalue weighted by Crippen LogP contribution is -2.02. The minimum atomic E-state index is -0.930. The number of benzene rings is 2. The summed E-state index contributed by atoms with van der Waals surface area (Å²) in [6.07, 6.45) is 5.97. The zero-order valence-electron chi connectivity index (χ0n) is 13.3. The van der Waals surface area contributed by atoms with E-state index >= 15 is 0 Å². The minimum absolute atomic E-state index is 0.268. The highest BCUT2D eigenvalue weighted by Gasteiger charge is 2.22. The minimum Gasteiger partial charge on any atom is -0.478 e. The molecule has 0 atom stereocenters. The lowest BCUT2D eigenvalue weighted by molar-refractivity contribution is 0.0697. The van der Waals surface area contributed by atoms with Crippen LogP contribution in [0.25, 0.3) is 17.3 Å². The third-order valence-electron chi connectivity index (χ3n) is 4.38. The molecular formula is C20H15ClN2O2. The fourth-order valence-electron chi connectivity index (χ4n) is 3.14. The van der Waals surface area contributed by atoms with Gasteiger partial charge in [0.25, 0.3) is 0 Å². The van der Waals surface area contributed by atoms with Gasteiger partial charge in [0.05, 0.1) is 23.1 Å². The number of aromatic carboxylic acids is 1. The van der Waals surface area contributed by atoms with Crippen molar-refractivity contribution in [2.45, 2.75) is 12.8 Å². The third kappa shape index (κ3) is 2.96. The van der Waals surface area contributed by atoms with Gasteiger partial charge in [-0.2, -0.15) is 5.10 Å². The number of aryl methyl sites for hydroxylation is 1. The van der Waals surface area contributed by atoms with E-state index in [1.54, 1.807) is 24.3 Å². The van der Waals surface area contributed by atoms with E-state index in [9.17, 15) is 4.79 Å². The molecule has 4 nitrogen and oxygen atoms in total. The van der Waals surface area contributed by atoms with Gasteiger partial charge < -0.3 is 5.11 Å². The summed E-state index contributed by atoms with van der Waals surface area (Å²) >= 11 is 5.96. The highest BCUT2D eigenvalue weighted by Crippen LogP contribution is 2.35. The summed E-state index contributed by atoms with van der Waals surface area (Å²) in [5, 5.41) is 14.3. The molecule has 0 spiro atoms. The number of halogens is 1. The molecule has 1 aromatic heterocycles. The summed E-state index contributed by atoms with van der Waals surface area (Å²) in [4.78, 5) is 11.0. The van der Waals surface area contributed by atoms with Crippen molar-refractivity contribution in [2.75, 3.05) is 0 Å². The molecule has 25 heavy (non-hydrogen) atoms. The monoisotopic (exact) mass is 350 g/mol. The van der Waals surface area contributed by atoms with E-state index in [1.807, 2.05) is 35.1 Å². The number of carboxylic acids is 1. The van der Waals surface area contributed by atoms with Crippen LogP contribution in [0.2, 0.25) is 5.02 Å². The maximum atomic E-state index is 11.0. The van der Waals surface area contributed by atoms with Crippen LogP contribution in [0.4, 0.5) is 0 Å². The van der Waals surface area contributed by atoms with Crippen LogP contribution < -0.4 is 0 Å². The van der Waals surface area contributed by atoms with Crippen LogP contribution in [-0.4, -0.2) is 20.9 Å². The Morgan fingerprint density at radius 1 is 1.08 bits per heavy atom. The molecular weight excluding hydrogens is 336 g/mol. The molecule has 5 heteroatoms. The molecule has 0 bridgehead atoms. The van der Waals surface area contributed by atoms with E-state index in [4.69, 9.17) is 16.7 Å². The van der Waals surface area contributed by atoms with Crippen LogP contribution in [0, 0.1) is 0 Å². The largest absolute Gasteiger partial charge is 0.478 e. The zero-order valence-corrected chi connectivity index (χ0v) is 14.1. The Labute approximate surface area is 150 Å². The molecule has 1 aliphatic carbocycles. The molecule has 4 rings (SSSR count). The summed E-state index contributed by atoms with van der Waals surface area (Å²) in [6.45, 7) is 0. The highest BCUT2D eigenvalue weighted by atomic mass is 35.5. The van der Waals surface area contributed by atoms with E-state index in [0.29, 0.717) is 0 Å². The average Bonchev–Trinajstić information content (AvgIpc) is 3.20.